The maximum atomic E-state index is 5.54. The first-order valence-corrected chi connectivity index (χ1v) is 6.88. The van der Waals surface area contributed by atoms with Gasteiger partial charge in [0.2, 0.25) is 11.5 Å². The first kappa shape index (κ1) is 10.4. The van der Waals surface area contributed by atoms with Gasteiger partial charge in [0, 0.05) is 11.1 Å². The van der Waals surface area contributed by atoms with E-state index in [1.807, 2.05) is 0 Å². The van der Waals surface area contributed by atoms with Gasteiger partial charge in [0.15, 0.2) is 0 Å². The lowest BCUT2D eigenvalue weighted by Crippen LogP contribution is -2.03. The van der Waals surface area contributed by atoms with Crippen LogP contribution in [0.4, 0.5) is 0 Å². The van der Waals surface area contributed by atoms with E-state index in [4.69, 9.17) is 9.05 Å². The summed E-state index contributed by atoms with van der Waals surface area (Å²) in [7, 11) is 0. The Hall–Kier alpha value is -1.58. The molecule has 0 bridgehead atoms. The molecule has 2 aliphatic carbocycles. The Bertz CT molecular complexity index is 530. The van der Waals surface area contributed by atoms with Crippen LogP contribution in [-0.4, -0.2) is 10.3 Å². The summed E-state index contributed by atoms with van der Waals surface area (Å²) < 4.78 is 11.1. The molecule has 4 rings (SSSR count). The Morgan fingerprint density at radius 3 is 1.56 bits per heavy atom. The van der Waals surface area contributed by atoms with Crippen LogP contribution in [-0.2, 0) is 25.7 Å². The standard InChI is InChI=1S/C14H16N2O2/c1-3-7-11-9(5-1)13(17-15-11)14-10-6-2-4-8-12(10)16-18-14/h1-8H2. The molecule has 0 amide bonds. The van der Waals surface area contributed by atoms with E-state index in [0.717, 1.165) is 48.6 Å². The molecule has 2 aliphatic rings. The number of fused-ring (bicyclic) bond motifs is 2. The van der Waals surface area contributed by atoms with Crippen molar-refractivity contribution < 1.29 is 9.05 Å². The minimum absolute atomic E-state index is 0.848. The second-order valence-corrected chi connectivity index (χ2v) is 5.29. The van der Waals surface area contributed by atoms with Crippen LogP contribution in [0.25, 0.3) is 11.5 Å². The molecule has 0 atom stereocenters. The maximum Gasteiger partial charge on any atom is 0.208 e. The van der Waals surface area contributed by atoms with Gasteiger partial charge in [-0.2, -0.15) is 0 Å². The summed E-state index contributed by atoms with van der Waals surface area (Å²) in [5.41, 5.74) is 4.76. The van der Waals surface area contributed by atoms with E-state index in [1.54, 1.807) is 0 Å². The highest BCUT2D eigenvalue weighted by atomic mass is 16.5. The van der Waals surface area contributed by atoms with Gasteiger partial charge in [0.05, 0.1) is 11.4 Å². The quantitative estimate of drug-likeness (QED) is 0.773. The van der Waals surface area contributed by atoms with Gasteiger partial charge in [-0.3, -0.25) is 0 Å². The molecule has 0 saturated carbocycles. The number of aryl methyl sites for hydroxylation is 2. The summed E-state index contributed by atoms with van der Waals surface area (Å²) in [5.74, 6) is 1.70. The molecular formula is C14H16N2O2. The molecular weight excluding hydrogens is 228 g/mol. The molecule has 0 aliphatic heterocycles. The van der Waals surface area contributed by atoms with Crippen LogP contribution >= 0.6 is 0 Å². The smallest absolute Gasteiger partial charge is 0.208 e. The van der Waals surface area contributed by atoms with Gasteiger partial charge >= 0.3 is 0 Å². The zero-order chi connectivity index (χ0) is 11.9. The lowest BCUT2D eigenvalue weighted by Gasteiger charge is -2.10. The summed E-state index contributed by atoms with van der Waals surface area (Å²) in [6, 6.07) is 0. The van der Waals surface area contributed by atoms with E-state index in [-0.39, 0.29) is 0 Å². The van der Waals surface area contributed by atoms with Gasteiger partial charge in [0.1, 0.15) is 0 Å². The minimum Gasteiger partial charge on any atom is -0.352 e. The van der Waals surface area contributed by atoms with Gasteiger partial charge in [-0.25, -0.2) is 0 Å². The summed E-state index contributed by atoms with van der Waals surface area (Å²) in [6.45, 7) is 0. The van der Waals surface area contributed by atoms with Crippen LogP contribution < -0.4 is 0 Å². The Morgan fingerprint density at radius 2 is 1.06 bits per heavy atom. The van der Waals surface area contributed by atoms with Crippen LogP contribution in [0.3, 0.4) is 0 Å². The van der Waals surface area contributed by atoms with Gasteiger partial charge in [-0.05, 0) is 51.4 Å². The van der Waals surface area contributed by atoms with Gasteiger partial charge in [0.25, 0.3) is 0 Å². The molecule has 4 heteroatoms. The zero-order valence-corrected chi connectivity index (χ0v) is 10.4. The van der Waals surface area contributed by atoms with Crippen LogP contribution in [0, 0.1) is 0 Å². The number of aromatic nitrogens is 2. The Kier molecular flexibility index (Phi) is 2.28. The second-order valence-electron chi connectivity index (χ2n) is 5.29. The molecule has 2 aromatic rings. The number of rotatable bonds is 1. The normalized spacial score (nSPS) is 18.4. The van der Waals surface area contributed by atoms with E-state index in [9.17, 15) is 0 Å². The predicted octanol–water partition coefficient (Wildman–Crippen LogP) is 3.09. The molecule has 2 heterocycles. The van der Waals surface area contributed by atoms with Crippen molar-refractivity contribution in [2.24, 2.45) is 0 Å². The average molecular weight is 244 g/mol. The fourth-order valence-corrected chi connectivity index (χ4v) is 3.14. The first-order valence-electron chi connectivity index (χ1n) is 6.88. The molecule has 2 aromatic heterocycles. The van der Waals surface area contributed by atoms with Gasteiger partial charge in [-0.15, -0.1) is 0 Å². The third kappa shape index (κ3) is 1.44. The predicted molar refractivity (Wildman–Crippen MR) is 65.3 cm³/mol. The average Bonchev–Trinajstić information content (AvgIpc) is 3.01. The Morgan fingerprint density at radius 1 is 0.611 bits per heavy atom. The van der Waals surface area contributed by atoms with E-state index >= 15 is 0 Å². The number of hydrogen-bond acceptors (Lipinski definition) is 4. The molecule has 0 radical (unpaired) electrons. The van der Waals surface area contributed by atoms with E-state index in [1.165, 1.54) is 36.8 Å². The molecule has 4 nitrogen and oxygen atoms in total. The third-order valence-electron chi connectivity index (χ3n) is 4.13. The largest absolute Gasteiger partial charge is 0.352 e. The fraction of sp³-hybridized carbons (Fsp3) is 0.571. The van der Waals surface area contributed by atoms with Crippen molar-refractivity contribution in [1.82, 2.24) is 10.3 Å². The van der Waals surface area contributed by atoms with Crippen molar-refractivity contribution in [2.75, 3.05) is 0 Å². The maximum absolute atomic E-state index is 5.54. The summed E-state index contributed by atoms with van der Waals surface area (Å²) in [5, 5.41) is 8.40. The van der Waals surface area contributed by atoms with Crippen molar-refractivity contribution in [1.29, 1.82) is 0 Å². The Labute approximate surface area is 105 Å². The molecule has 0 unspecified atom stereocenters. The van der Waals surface area contributed by atoms with Crippen LogP contribution in [0.15, 0.2) is 9.05 Å². The van der Waals surface area contributed by atoms with Gasteiger partial charge < -0.3 is 9.05 Å². The van der Waals surface area contributed by atoms with E-state index in [2.05, 4.69) is 10.3 Å². The van der Waals surface area contributed by atoms with Crippen molar-refractivity contribution in [3.05, 3.63) is 22.5 Å². The zero-order valence-electron chi connectivity index (χ0n) is 10.4. The monoisotopic (exact) mass is 244 g/mol. The highest BCUT2D eigenvalue weighted by Crippen LogP contribution is 2.36. The van der Waals surface area contributed by atoms with Crippen molar-refractivity contribution >= 4 is 0 Å². The number of nitrogens with zero attached hydrogens (tertiary/aromatic N) is 2. The second kappa shape index (κ2) is 3.97. The van der Waals surface area contributed by atoms with E-state index in [0.29, 0.717) is 0 Å². The molecule has 0 N–H and O–H groups in total. The highest BCUT2D eigenvalue weighted by molar-refractivity contribution is 5.61. The Balaban J connectivity index is 1.83. The lowest BCUT2D eigenvalue weighted by molar-refractivity contribution is 0.380. The molecule has 0 spiro atoms. The van der Waals surface area contributed by atoms with Crippen molar-refractivity contribution in [2.45, 2.75) is 51.4 Å². The molecule has 0 aromatic carbocycles. The molecule has 18 heavy (non-hydrogen) atoms. The first-order chi connectivity index (χ1) is 8.93. The summed E-state index contributed by atoms with van der Waals surface area (Å²) in [6.07, 6.45) is 9.06. The summed E-state index contributed by atoms with van der Waals surface area (Å²) >= 11 is 0. The number of hydrogen-bond donors (Lipinski definition) is 0. The molecule has 94 valence electrons. The minimum atomic E-state index is 0.848. The summed E-state index contributed by atoms with van der Waals surface area (Å²) in [4.78, 5) is 0. The van der Waals surface area contributed by atoms with Crippen molar-refractivity contribution in [3.63, 3.8) is 0 Å². The molecule has 0 fully saturated rings. The SMILES string of the molecule is C1CCc2c(noc2-c2onc3c2CCCC3)C1. The van der Waals surface area contributed by atoms with E-state index < -0.39 is 0 Å². The third-order valence-corrected chi connectivity index (χ3v) is 4.13. The van der Waals surface area contributed by atoms with Gasteiger partial charge in [-0.1, -0.05) is 10.3 Å². The topological polar surface area (TPSA) is 52.1 Å². The van der Waals surface area contributed by atoms with Crippen LogP contribution in [0.5, 0.6) is 0 Å². The lowest BCUT2D eigenvalue weighted by atomic mass is 9.91. The molecule has 0 saturated heterocycles. The van der Waals surface area contributed by atoms with Crippen molar-refractivity contribution in [3.8, 4) is 11.5 Å². The van der Waals surface area contributed by atoms with Crippen LogP contribution in [0.1, 0.15) is 48.2 Å². The highest BCUT2D eigenvalue weighted by Gasteiger charge is 2.28. The van der Waals surface area contributed by atoms with Crippen LogP contribution in [0.2, 0.25) is 0 Å². The fourth-order valence-electron chi connectivity index (χ4n) is 3.14.